The van der Waals surface area contributed by atoms with Gasteiger partial charge in [0, 0.05) is 33.2 Å². The summed E-state index contributed by atoms with van der Waals surface area (Å²) in [4.78, 5) is 0. The molecule has 2 aromatic carbocycles. The number of halogens is 2. The molecule has 116 valence electrons. The SMILES string of the molecule is S=C(NCCSCc1ccccc1Cl)Nc1ccc(Br)cc1. The summed E-state index contributed by atoms with van der Waals surface area (Å²) < 4.78 is 1.05. The van der Waals surface area contributed by atoms with Crippen LogP contribution in [0.5, 0.6) is 0 Å². The van der Waals surface area contributed by atoms with Crippen LogP contribution in [0, 0.1) is 0 Å². The Labute approximate surface area is 154 Å². The maximum absolute atomic E-state index is 6.13. The van der Waals surface area contributed by atoms with Gasteiger partial charge < -0.3 is 10.6 Å². The minimum atomic E-state index is 0.640. The zero-order valence-corrected chi connectivity index (χ0v) is 15.8. The fourth-order valence-electron chi connectivity index (χ4n) is 1.74. The van der Waals surface area contributed by atoms with E-state index in [0.717, 1.165) is 33.2 Å². The lowest BCUT2D eigenvalue weighted by molar-refractivity contribution is 0.990. The maximum Gasteiger partial charge on any atom is 0.170 e. The Hall–Kier alpha value is -0.750. The van der Waals surface area contributed by atoms with Crippen molar-refractivity contribution in [2.45, 2.75) is 5.75 Å². The quantitative estimate of drug-likeness (QED) is 0.492. The van der Waals surface area contributed by atoms with E-state index in [-0.39, 0.29) is 0 Å². The molecule has 2 rings (SSSR count). The number of hydrogen-bond acceptors (Lipinski definition) is 2. The Morgan fingerprint density at radius 1 is 1.14 bits per heavy atom. The first-order chi connectivity index (χ1) is 10.6. The van der Waals surface area contributed by atoms with E-state index >= 15 is 0 Å². The molecule has 2 aromatic rings. The van der Waals surface area contributed by atoms with Crippen LogP contribution in [-0.2, 0) is 5.75 Å². The summed E-state index contributed by atoms with van der Waals surface area (Å²) in [5.41, 5.74) is 2.15. The van der Waals surface area contributed by atoms with E-state index in [4.69, 9.17) is 23.8 Å². The molecule has 6 heteroatoms. The number of anilines is 1. The monoisotopic (exact) mass is 414 g/mol. The predicted octanol–water partition coefficient (Wildman–Crippen LogP) is 5.32. The van der Waals surface area contributed by atoms with E-state index in [1.807, 2.05) is 54.2 Å². The molecule has 0 aliphatic carbocycles. The second-order valence-electron chi connectivity index (χ2n) is 4.53. The summed E-state index contributed by atoms with van der Waals surface area (Å²) in [6.45, 7) is 0.817. The zero-order chi connectivity index (χ0) is 15.8. The Balaban J connectivity index is 1.63. The fourth-order valence-corrected chi connectivity index (χ4v) is 3.37. The van der Waals surface area contributed by atoms with Gasteiger partial charge in [0.25, 0.3) is 0 Å². The van der Waals surface area contributed by atoms with Gasteiger partial charge in [-0.1, -0.05) is 45.7 Å². The highest BCUT2D eigenvalue weighted by Crippen LogP contribution is 2.20. The van der Waals surface area contributed by atoms with Crippen molar-refractivity contribution in [3.63, 3.8) is 0 Å². The average Bonchev–Trinajstić information content (AvgIpc) is 2.51. The number of thioether (sulfide) groups is 1. The molecule has 0 saturated carbocycles. The first-order valence-electron chi connectivity index (χ1n) is 6.77. The summed E-state index contributed by atoms with van der Waals surface area (Å²) >= 11 is 16.6. The Morgan fingerprint density at radius 2 is 1.86 bits per heavy atom. The van der Waals surface area contributed by atoms with Crippen LogP contribution >= 0.6 is 51.5 Å². The summed E-state index contributed by atoms with van der Waals surface area (Å²) in [5.74, 6) is 1.88. The first-order valence-corrected chi connectivity index (χ1v) is 9.50. The summed E-state index contributed by atoms with van der Waals surface area (Å²) in [6.07, 6.45) is 0. The maximum atomic E-state index is 6.13. The Kier molecular flexibility index (Phi) is 7.52. The van der Waals surface area contributed by atoms with Crippen molar-refractivity contribution in [1.82, 2.24) is 5.32 Å². The molecule has 0 spiro atoms. The highest BCUT2D eigenvalue weighted by molar-refractivity contribution is 9.10. The lowest BCUT2D eigenvalue weighted by Gasteiger charge is -2.10. The second-order valence-corrected chi connectivity index (χ2v) is 7.37. The Bertz CT molecular complexity index is 620. The minimum absolute atomic E-state index is 0.640. The van der Waals surface area contributed by atoms with Crippen LogP contribution < -0.4 is 10.6 Å². The highest BCUT2D eigenvalue weighted by Gasteiger charge is 2.00. The first kappa shape index (κ1) is 17.6. The van der Waals surface area contributed by atoms with Crippen LogP contribution in [0.3, 0.4) is 0 Å². The molecule has 0 saturated heterocycles. The molecule has 0 bridgehead atoms. The summed E-state index contributed by atoms with van der Waals surface area (Å²) in [7, 11) is 0. The molecule has 0 unspecified atom stereocenters. The van der Waals surface area contributed by atoms with Crippen molar-refractivity contribution in [1.29, 1.82) is 0 Å². The van der Waals surface area contributed by atoms with Gasteiger partial charge in [-0.05, 0) is 48.1 Å². The van der Waals surface area contributed by atoms with Gasteiger partial charge in [0.1, 0.15) is 0 Å². The number of thiocarbonyl (C=S) groups is 1. The predicted molar refractivity (Wildman–Crippen MR) is 106 cm³/mol. The van der Waals surface area contributed by atoms with Gasteiger partial charge in [-0.3, -0.25) is 0 Å². The van der Waals surface area contributed by atoms with Crippen molar-refractivity contribution in [2.24, 2.45) is 0 Å². The molecule has 0 radical (unpaired) electrons. The molecule has 0 atom stereocenters. The standard InChI is InChI=1S/C16H16BrClN2S2/c17-13-5-7-14(8-6-13)20-16(21)19-9-10-22-11-12-3-1-2-4-15(12)18/h1-8H,9-11H2,(H2,19,20,21). The topological polar surface area (TPSA) is 24.1 Å². The van der Waals surface area contributed by atoms with Gasteiger partial charge in [-0.25, -0.2) is 0 Å². The molecule has 22 heavy (non-hydrogen) atoms. The van der Waals surface area contributed by atoms with Gasteiger partial charge in [0.15, 0.2) is 5.11 Å². The van der Waals surface area contributed by atoms with Gasteiger partial charge >= 0.3 is 0 Å². The van der Waals surface area contributed by atoms with Gasteiger partial charge in [-0.15, -0.1) is 0 Å². The number of hydrogen-bond donors (Lipinski definition) is 2. The molecule has 0 amide bonds. The van der Waals surface area contributed by atoms with Crippen molar-refractivity contribution < 1.29 is 0 Å². The molecule has 2 N–H and O–H groups in total. The Morgan fingerprint density at radius 3 is 2.59 bits per heavy atom. The average molecular weight is 416 g/mol. The van der Waals surface area contributed by atoms with Crippen molar-refractivity contribution in [3.8, 4) is 0 Å². The van der Waals surface area contributed by atoms with Crippen LogP contribution in [0.2, 0.25) is 5.02 Å². The summed E-state index contributed by atoms with van der Waals surface area (Å²) in [5, 5.41) is 7.83. The van der Waals surface area contributed by atoms with E-state index in [0.29, 0.717) is 5.11 Å². The van der Waals surface area contributed by atoms with Gasteiger partial charge in [0.05, 0.1) is 0 Å². The van der Waals surface area contributed by atoms with Crippen LogP contribution in [0.15, 0.2) is 53.0 Å². The van der Waals surface area contributed by atoms with E-state index in [2.05, 4.69) is 32.6 Å². The lowest BCUT2D eigenvalue weighted by atomic mass is 10.2. The van der Waals surface area contributed by atoms with Crippen molar-refractivity contribution in [3.05, 3.63) is 63.6 Å². The van der Waals surface area contributed by atoms with E-state index < -0.39 is 0 Å². The van der Waals surface area contributed by atoms with Crippen molar-refractivity contribution in [2.75, 3.05) is 17.6 Å². The molecule has 2 nitrogen and oxygen atoms in total. The lowest BCUT2D eigenvalue weighted by Crippen LogP contribution is -2.30. The largest absolute Gasteiger partial charge is 0.362 e. The molecule has 0 fully saturated rings. The second kappa shape index (κ2) is 9.40. The molecule has 0 heterocycles. The third-order valence-corrected chi connectivity index (χ3v) is 5.00. The normalized spacial score (nSPS) is 10.3. The zero-order valence-electron chi connectivity index (χ0n) is 11.8. The third-order valence-electron chi connectivity index (χ3n) is 2.85. The van der Waals surface area contributed by atoms with Gasteiger partial charge in [-0.2, -0.15) is 11.8 Å². The van der Waals surface area contributed by atoms with Crippen LogP contribution in [0.4, 0.5) is 5.69 Å². The van der Waals surface area contributed by atoms with Gasteiger partial charge in [0.2, 0.25) is 0 Å². The molecular formula is C16H16BrClN2S2. The molecule has 0 aliphatic rings. The van der Waals surface area contributed by atoms with E-state index in [1.165, 1.54) is 5.56 Å². The molecule has 0 aliphatic heterocycles. The highest BCUT2D eigenvalue weighted by atomic mass is 79.9. The third kappa shape index (κ3) is 6.16. The smallest absolute Gasteiger partial charge is 0.170 e. The molecular weight excluding hydrogens is 400 g/mol. The van der Waals surface area contributed by atoms with E-state index in [9.17, 15) is 0 Å². The fraction of sp³-hybridized carbons (Fsp3) is 0.188. The minimum Gasteiger partial charge on any atom is -0.362 e. The number of nitrogens with one attached hydrogen (secondary N) is 2. The molecule has 0 aromatic heterocycles. The van der Waals surface area contributed by atoms with Crippen LogP contribution in [0.25, 0.3) is 0 Å². The van der Waals surface area contributed by atoms with Crippen LogP contribution in [-0.4, -0.2) is 17.4 Å². The summed E-state index contributed by atoms with van der Waals surface area (Å²) in [6, 6.07) is 15.8. The van der Waals surface area contributed by atoms with Crippen molar-refractivity contribution >= 4 is 62.3 Å². The number of rotatable bonds is 6. The van der Waals surface area contributed by atoms with Crippen LogP contribution in [0.1, 0.15) is 5.56 Å². The van der Waals surface area contributed by atoms with E-state index in [1.54, 1.807) is 0 Å². The number of benzene rings is 2.